The molecule has 1 amide bonds. The molecule has 3 heteroatoms. The van der Waals surface area contributed by atoms with Crippen LogP contribution in [0.5, 0.6) is 5.75 Å². The van der Waals surface area contributed by atoms with Gasteiger partial charge in [0.05, 0.1) is 12.5 Å². The van der Waals surface area contributed by atoms with Crippen LogP contribution < -0.4 is 5.32 Å². The van der Waals surface area contributed by atoms with Crippen LogP contribution in [0.4, 0.5) is 0 Å². The molecule has 116 valence electrons. The Morgan fingerprint density at radius 3 is 2.27 bits per heavy atom. The smallest absolute Gasteiger partial charge is 0.224 e. The first-order chi connectivity index (χ1) is 10.5. The molecule has 3 nitrogen and oxygen atoms in total. The number of hydrogen-bond acceptors (Lipinski definition) is 2. The van der Waals surface area contributed by atoms with Gasteiger partial charge in [-0.25, -0.2) is 0 Å². The Kier molecular flexibility index (Phi) is 5.59. The first-order valence-electron chi connectivity index (χ1n) is 7.67. The summed E-state index contributed by atoms with van der Waals surface area (Å²) in [4.78, 5) is 12.3. The van der Waals surface area contributed by atoms with Gasteiger partial charge >= 0.3 is 0 Å². The van der Waals surface area contributed by atoms with Gasteiger partial charge in [-0.1, -0.05) is 56.3 Å². The van der Waals surface area contributed by atoms with Crippen molar-refractivity contribution in [3.63, 3.8) is 0 Å². The van der Waals surface area contributed by atoms with E-state index in [1.54, 1.807) is 24.3 Å². The summed E-state index contributed by atoms with van der Waals surface area (Å²) >= 11 is 0. The topological polar surface area (TPSA) is 49.3 Å². The maximum absolute atomic E-state index is 12.3. The van der Waals surface area contributed by atoms with Crippen molar-refractivity contribution in [2.24, 2.45) is 5.92 Å². The highest BCUT2D eigenvalue weighted by Gasteiger charge is 2.16. The highest BCUT2D eigenvalue weighted by molar-refractivity contribution is 5.79. The van der Waals surface area contributed by atoms with Gasteiger partial charge in [-0.2, -0.15) is 0 Å². The Bertz CT molecular complexity index is 591. The van der Waals surface area contributed by atoms with Gasteiger partial charge in [0.15, 0.2) is 0 Å². The minimum Gasteiger partial charge on any atom is -0.508 e. The summed E-state index contributed by atoms with van der Waals surface area (Å²) in [6.45, 7) is 4.31. The van der Waals surface area contributed by atoms with Gasteiger partial charge in [0.25, 0.3) is 0 Å². The van der Waals surface area contributed by atoms with Gasteiger partial charge in [-0.15, -0.1) is 0 Å². The van der Waals surface area contributed by atoms with Gasteiger partial charge in [0.1, 0.15) is 5.75 Å². The normalized spacial score (nSPS) is 12.1. The fraction of sp³-hybridized carbons (Fsp3) is 0.316. The lowest BCUT2D eigenvalue weighted by atomic mass is 9.96. The van der Waals surface area contributed by atoms with E-state index in [0.29, 0.717) is 12.3 Å². The van der Waals surface area contributed by atoms with Gasteiger partial charge in [-0.3, -0.25) is 4.79 Å². The zero-order valence-electron chi connectivity index (χ0n) is 13.1. The van der Waals surface area contributed by atoms with Crippen LogP contribution in [0.3, 0.4) is 0 Å². The summed E-state index contributed by atoms with van der Waals surface area (Å²) < 4.78 is 0. The zero-order valence-corrected chi connectivity index (χ0v) is 13.1. The predicted molar refractivity (Wildman–Crippen MR) is 88.6 cm³/mol. The number of carbonyl (C=O) groups excluding carboxylic acids is 1. The van der Waals surface area contributed by atoms with E-state index in [2.05, 4.69) is 19.2 Å². The van der Waals surface area contributed by atoms with Crippen LogP contribution in [0.25, 0.3) is 0 Å². The number of phenols is 1. The molecule has 0 radical (unpaired) electrons. The summed E-state index contributed by atoms with van der Waals surface area (Å²) in [5.74, 6) is 0.713. The van der Waals surface area contributed by atoms with Crippen LogP contribution in [0, 0.1) is 5.92 Å². The number of hydrogen-bond donors (Lipinski definition) is 2. The summed E-state index contributed by atoms with van der Waals surface area (Å²) in [5, 5.41) is 12.4. The van der Waals surface area contributed by atoms with Crippen LogP contribution in [0.1, 0.15) is 37.4 Å². The molecule has 0 fully saturated rings. The summed E-state index contributed by atoms with van der Waals surface area (Å²) in [6.07, 6.45) is 1.23. The molecule has 0 bridgehead atoms. The van der Waals surface area contributed by atoms with Crippen LogP contribution in [-0.4, -0.2) is 11.0 Å². The molecule has 1 atom stereocenters. The van der Waals surface area contributed by atoms with E-state index in [0.717, 1.165) is 17.5 Å². The van der Waals surface area contributed by atoms with Crippen LogP contribution >= 0.6 is 0 Å². The number of nitrogens with one attached hydrogen (secondary N) is 1. The third kappa shape index (κ3) is 4.92. The van der Waals surface area contributed by atoms with E-state index in [1.165, 1.54) is 0 Å². The molecule has 2 aromatic rings. The lowest BCUT2D eigenvalue weighted by Crippen LogP contribution is -2.30. The summed E-state index contributed by atoms with van der Waals surface area (Å²) in [5.41, 5.74) is 2.03. The molecule has 1 unspecified atom stereocenters. The van der Waals surface area contributed by atoms with E-state index in [4.69, 9.17) is 0 Å². The molecule has 2 rings (SSSR count). The predicted octanol–water partition coefficient (Wildman–Crippen LogP) is 3.84. The molecule has 2 aromatic carbocycles. The van der Waals surface area contributed by atoms with Crippen LogP contribution in [-0.2, 0) is 11.2 Å². The van der Waals surface area contributed by atoms with Crippen molar-refractivity contribution in [3.05, 3.63) is 65.7 Å². The molecule has 22 heavy (non-hydrogen) atoms. The minimum atomic E-state index is 0.000179. The van der Waals surface area contributed by atoms with Crippen molar-refractivity contribution in [1.82, 2.24) is 5.32 Å². The number of rotatable bonds is 6. The van der Waals surface area contributed by atoms with Crippen molar-refractivity contribution in [2.75, 3.05) is 0 Å². The minimum absolute atomic E-state index is 0.000179. The number of amides is 1. The molecular weight excluding hydrogens is 274 g/mol. The second-order valence-electron chi connectivity index (χ2n) is 6.00. The molecular formula is C19H23NO2. The third-order valence-corrected chi connectivity index (χ3v) is 3.55. The monoisotopic (exact) mass is 297 g/mol. The van der Waals surface area contributed by atoms with E-state index in [9.17, 15) is 9.90 Å². The highest BCUT2D eigenvalue weighted by atomic mass is 16.3. The molecule has 0 aliphatic carbocycles. The number of carbonyl (C=O) groups is 1. The highest BCUT2D eigenvalue weighted by Crippen LogP contribution is 2.21. The van der Waals surface area contributed by atoms with Crippen molar-refractivity contribution < 1.29 is 9.90 Å². The molecule has 0 heterocycles. The summed E-state index contributed by atoms with van der Waals surface area (Å²) in [6, 6.07) is 16.9. The van der Waals surface area contributed by atoms with Gasteiger partial charge in [0, 0.05) is 0 Å². The average Bonchev–Trinajstić information content (AvgIpc) is 2.49. The largest absolute Gasteiger partial charge is 0.508 e. The molecule has 0 aromatic heterocycles. The van der Waals surface area contributed by atoms with Crippen LogP contribution in [0.2, 0.25) is 0 Å². The molecule has 0 saturated heterocycles. The number of aromatic hydroxyl groups is 1. The van der Waals surface area contributed by atoms with E-state index in [1.807, 2.05) is 30.3 Å². The lowest BCUT2D eigenvalue weighted by Gasteiger charge is -2.21. The maximum atomic E-state index is 12.3. The molecule has 0 saturated carbocycles. The van der Waals surface area contributed by atoms with E-state index in [-0.39, 0.29) is 17.7 Å². The van der Waals surface area contributed by atoms with E-state index >= 15 is 0 Å². The van der Waals surface area contributed by atoms with Crippen molar-refractivity contribution >= 4 is 5.91 Å². The third-order valence-electron chi connectivity index (χ3n) is 3.55. The second-order valence-corrected chi connectivity index (χ2v) is 6.00. The Hall–Kier alpha value is -2.29. The maximum Gasteiger partial charge on any atom is 0.224 e. The van der Waals surface area contributed by atoms with Gasteiger partial charge in [0.2, 0.25) is 5.91 Å². The Morgan fingerprint density at radius 2 is 1.68 bits per heavy atom. The van der Waals surface area contributed by atoms with Crippen molar-refractivity contribution in [3.8, 4) is 5.75 Å². The summed E-state index contributed by atoms with van der Waals surface area (Å²) in [7, 11) is 0. The van der Waals surface area contributed by atoms with Crippen LogP contribution in [0.15, 0.2) is 54.6 Å². The van der Waals surface area contributed by atoms with Gasteiger partial charge < -0.3 is 10.4 Å². The second kappa shape index (κ2) is 7.64. The fourth-order valence-corrected chi connectivity index (χ4v) is 2.48. The lowest BCUT2D eigenvalue weighted by molar-refractivity contribution is -0.121. The Balaban J connectivity index is 2.03. The SMILES string of the molecule is CC(C)CC(NC(=O)Cc1ccc(O)cc1)c1ccccc1. The quantitative estimate of drug-likeness (QED) is 0.851. The van der Waals surface area contributed by atoms with Gasteiger partial charge in [-0.05, 0) is 35.6 Å². The standard InChI is InChI=1S/C19H23NO2/c1-14(2)12-18(16-6-4-3-5-7-16)20-19(22)13-15-8-10-17(21)11-9-15/h3-11,14,18,21H,12-13H2,1-2H3,(H,20,22). The van der Waals surface area contributed by atoms with Crippen molar-refractivity contribution in [1.29, 1.82) is 0 Å². The molecule has 0 spiro atoms. The first kappa shape index (κ1) is 16.1. The number of phenolic OH excluding ortho intramolecular Hbond substituents is 1. The number of benzene rings is 2. The molecule has 0 aliphatic heterocycles. The molecule has 0 aliphatic rings. The Morgan fingerprint density at radius 1 is 1.05 bits per heavy atom. The van der Waals surface area contributed by atoms with Crippen molar-refractivity contribution in [2.45, 2.75) is 32.7 Å². The van der Waals surface area contributed by atoms with E-state index < -0.39 is 0 Å². The fourth-order valence-electron chi connectivity index (χ4n) is 2.48. The average molecular weight is 297 g/mol. The first-order valence-corrected chi connectivity index (χ1v) is 7.67. The Labute approximate surface area is 132 Å². The zero-order chi connectivity index (χ0) is 15.9. The molecule has 2 N–H and O–H groups in total.